The molecule has 0 aliphatic heterocycles. The van der Waals surface area contributed by atoms with Crippen LogP contribution in [0.5, 0.6) is 0 Å². The molecule has 0 radical (unpaired) electrons. The lowest BCUT2D eigenvalue weighted by Crippen LogP contribution is -2.05. The summed E-state index contributed by atoms with van der Waals surface area (Å²) in [6, 6.07) is 15.7. The summed E-state index contributed by atoms with van der Waals surface area (Å²) < 4.78 is 1.99. The second kappa shape index (κ2) is 6.70. The smallest absolute Gasteiger partial charge is 0.189 e. The molecule has 3 heterocycles. The first-order valence-electron chi connectivity index (χ1n) is 8.35. The molecule has 4 aromatic rings. The molecule has 0 amide bonds. The number of carbonyl (C=O) groups is 1. The van der Waals surface area contributed by atoms with Crippen LogP contribution in [0.25, 0.3) is 16.7 Å². The Morgan fingerprint density at radius 3 is 2.88 bits per heavy atom. The van der Waals surface area contributed by atoms with Crippen molar-refractivity contribution < 1.29 is 4.79 Å². The van der Waals surface area contributed by atoms with E-state index in [2.05, 4.69) is 16.0 Å². The molecule has 0 spiro atoms. The third kappa shape index (κ3) is 2.67. The molecule has 0 atom stereocenters. The molecule has 0 aliphatic rings. The van der Waals surface area contributed by atoms with E-state index in [-0.39, 0.29) is 5.78 Å². The minimum absolute atomic E-state index is 0.0416. The number of nitrogens with zero attached hydrogens (tertiary/aromatic N) is 3. The number of Topliss-reactive ketones (excluding diaryl/α,β-unsaturated/α-hetero) is 1. The summed E-state index contributed by atoms with van der Waals surface area (Å²) >= 11 is 1.47. The van der Waals surface area contributed by atoms with Crippen LogP contribution in [-0.4, -0.2) is 25.9 Å². The normalized spacial score (nSPS) is 11.1. The van der Waals surface area contributed by atoms with Gasteiger partial charge in [0.05, 0.1) is 33.1 Å². The highest BCUT2D eigenvalue weighted by Crippen LogP contribution is 2.30. The minimum atomic E-state index is 0.0416. The van der Waals surface area contributed by atoms with Crippen molar-refractivity contribution in [2.75, 3.05) is 5.75 Å². The summed E-state index contributed by atoms with van der Waals surface area (Å²) in [4.78, 5) is 20.0. The van der Waals surface area contributed by atoms with Crippen molar-refractivity contribution in [1.82, 2.24) is 14.4 Å². The number of H-pyrrole nitrogens is 1. The van der Waals surface area contributed by atoms with Gasteiger partial charge in [0, 0.05) is 6.20 Å². The quantitative estimate of drug-likeness (QED) is 0.427. The number of imidazole rings is 1. The van der Waals surface area contributed by atoms with Gasteiger partial charge in [-0.2, -0.15) is 5.26 Å². The number of rotatable bonds is 5. The zero-order chi connectivity index (χ0) is 18.1. The Morgan fingerprint density at radius 2 is 2.15 bits per heavy atom. The van der Waals surface area contributed by atoms with Crippen LogP contribution in [0.4, 0.5) is 0 Å². The van der Waals surface area contributed by atoms with Crippen molar-refractivity contribution in [2.24, 2.45) is 0 Å². The van der Waals surface area contributed by atoms with E-state index >= 15 is 0 Å². The number of thioether (sulfide) groups is 1. The van der Waals surface area contributed by atoms with Gasteiger partial charge >= 0.3 is 0 Å². The standard InChI is InChI=1S/C20H16N4OS/c1-2-13-10-19(26-12-18(25)16-7-5-9-22-16)24-17-8-4-3-6-15(17)23-20(24)14(13)11-21/h3-10,22H,2,12H2,1H3. The summed E-state index contributed by atoms with van der Waals surface area (Å²) in [6.45, 7) is 2.02. The number of aryl methyl sites for hydroxylation is 1. The Hall–Kier alpha value is -3.04. The van der Waals surface area contributed by atoms with E-state index in [1.807, 2.05) is 47.7 Å². The number of nitrogens with one attached hydrogen (secondary N) is 1. The Labute approximate surface area is 154 Å². The van der Waals surface area contributed by atoms with Crippen molar-refractivity contribution in [3.63, 3.8) is 0 Å². The third-order valence-electron chi connectivity index (χ3n) is 4.37. The van der Waals surface area contributed by atoms with Crippen LogP contribution < -0.4 is 0 Å². The molecular weight excluding hydrogens is 344 g/mol. The molecule has 0 unspecified atom stereocenters. The van der Waals surface area contributed by atoms with E-state index in [9.17, 15) is 10.1 Å². The molecule has 0 bridgehead atoms. The number of aromatic amines is 1. The van der Waals surface area contributed by atoms with Gasteiger partial charge in [-0.3, -0.25) is 9.20 Å². The molecular formula is C20H16N4OS. The van der Waals surface area contributed by atoms with E-state index < -0.39 is 0 Å². The summed E-state index contributed by atoms with van der Waals surface area (Å²) in [5.41, 5.74) is 4.59. The number of aromatic nitrogens is 3. The SMILES string of the molecule is CCc1cc(SCC(=O)c2ccc[nH]2)n2c(nc3ccccc32)c1C#N. The van der Waals surface area contributed by atoms with Gasteiger partial charge in [-0.05, 0) is 42.3 Å². The first-order chi connectivity index (χ1) is 12.7. The fraction of sp³-hybridized carbons (Fsp3) is 0.150. The Bertz CT molecular complexity index is 1150. The van der Waals surface area contributed by atoms with Crippen molar-refractivity contribution >= 4 is 34.2 Å². The number of nitriles is 1. The number of fused-ring (bicyclic) bond motifs is 3. The van der Waals surface area contributed by atoms with Crippen LogP contribution in [-0.2, 0) is 6.42 Å². The monoisotopic (exact) mass is 360 g/mol. The number of hydrogen-bond acceptors (Lipinski definition) is 4. The van der Waals surface area contributed by atoms with Crippen LogP contribution in [0.15, 0.2) is 53.7 Å². The minimum Gasteiger partial charge on any atom is -0.359 e. The van der Waals surface area contributed by atoms with Crippen molar-refractivity contribution in [3.05, 3.63) is 65.5 Å². The molecule has 0 fully saturated rings. The molecule has 1 N–H and O–H groups in total. The number of para-hydroxylation sites is 2. The largest absolute Gasteiger partial charge is 0.359 e. The lowest BCUT2D eigenvalue weighted by Gasteiger charge is -2.10. The van der Waals surface area contributed by atoms with Gasteiger partial charge in [-0.1, -0.05) is 30.8 Å². The zero-order valence-electron chi connectivity index (χ0n) is 14.2. The van der Waals surface area contributed by atoms with Gasteiger partial charge in [-0.25, -0.2) is 4.98 Å². The topological polar surface area (TPSA) is 73.9 Å². The van der Waals surface area contributed by atoms with E-state index in [4.69, 9.17) is 0 Å². The maximum atomic E-state index is 12.4. The van der Waals surface area contributed by atoms with Gasteiger partial charge in [-0.15, -0.1) is 0 Å². The summed E-state index contributed by atoms with van der Waals surface area (Å²) in [6.07, 6.45) is 2.48. The van der Waals surface area contributed by atoms with Crippen LogP contribution in [0.3, 0.4) is 0 Å². The first-order valence-corrected chi connectivity index (χ1v) is 9.34. The number of pyridine rings is 1. The van der Waals surface area contributed by atoms with E-state index in [0.717, 1.165) is 28.0 Å². The average Bonchev–Trinajstić information content (AvgIpc) is 3.33. The molecule has 5 nitrogen and oxygen atoms in total. The van der Waals surface area contributed by atoms with Crippen molar-refractivity contribution in [1.29, 1.82) is 5.26 Å². The molecule has 0 aliphatic carbocycles. The number of hydrogen-bond donors (Lipinski definition) is 1. The lowest BCUT2D eigenvalue weighted by atomic mass is 10.1. The van der Waals surface area contributed by atoms with E-state index in [1.54, 1.807) is 12.3 Å². The number of ketones is 1. The Morgan fingerprint density at radius 1 is 1.31 bits per heavy atom. The molecule has 128 valence electrons. The Kier molecular flexibility index (Phi) is 4.23. The number of carbonyl (C=O) groups excluding carboxylic acids is 1. The van der Waals surface area contributed by atoms with Crippen LogP contribution >= 0.6 is 11.8 Å². The van der Waals surface area contributed by atoms with Gasteiger partial charge in [0.2, 0.25) is 0 Å². The highest BCUT2D eigenvalue weighted by molar-refractivity contribution is 8.00. The van der Waals surface area contributed by atoms with Gasteiger partial charge in [0.25, 0.3) is 0 Å². The summed E-state index contributed by atoms with van der Waals surface area (Å²) in [5.74, 6) is 0.358. The fourth-order valence-corrected chi connectivity index (χ4v) is 4.05. The predicted molar refractivity (Wildman–Crippen MR) is 103 cm³/mol. The summed E-state index contributed by atoms with van der Waals surface area (Å²) in [7, 11) is 0. The molecule has 3 aromatic heterocycles. The highest BCUT2D eigenvalue weighted by Gasteiger charge is 2.17. The second-order valence-electron chi connectivity index (χ2n) is 5.90. The molecule has 1 aromatic carbocycles. The summed E-state index contributed by atoms with van der Waals surface area (Å²) in [5, 5.41) is 10.6. The second-order valence-corrected chi connectivity index (χ2v) is 6.90. The van der Waals surface area contributed by atoms with Crippen LogP contribution in [0.2, 0.25) is 0 Å². The Balaban J connectivity index is 1.85. The first kappa shape index (κ1) is 16.4. The van der Waals surface area contributed by atoms with Gasteiger partial charge in [0.15, 0.2) is 11.4 Å². The maximum absolute atomic E-state index is 12.4. The molecule has 0 saturated carbocycles. The van der Waals surface area contributed by atoms with Gasteiger partial charge < -0.3 is 4.98 Å². The molecule has 0 saturated heterocycles. The van der Waals surface area contributed by atoms with Crippen molar-refractivity contribution in [3.8, 4) is 6.07 Å². The number of benzene rings is 1. The van der Waals surface area contributed by atoms with Crippen molar-refractivity contribution in [2.45, 2.75) is 18.4 Å². The molecule has 6 heteroatoms. The van der Waals surface area contributed by atoms with Crippen LogP contribution in [0.1, 0.15) is 28.5 Å². The van der Waals surface area contributed by atoms with Crippen LogP contribution in [0, 0.1) is 11.3 Å². The molecule has 26 heavy (non-hydrogen) atoms. The third-order valence-corrected chi connectivity index (χ3v) is 5.37. The molecule has 4 rings (SSSR count). The predicted octanol–water partition coefficient (Wildman–Crippen LogP) is 4.22. The zero-order valence-corrected chi connectivity index (χ0v) is 15.0. The average molecular weight is 360 g/mol. The maximum Gasteiger partial charge on any atom is 0.189 e. The highest BCUT2D eigenvalue weighted by atomic mass is 32.2. The lowest BCUT2D eigenvalue weighted by molar-refractivity contribution is 0.101. The van der Waals surface area contributed by atoms with Gasteiger partial charge in [0.1, 0.15) is 6.07 Å². The van der Waals surface area contributed by atoms with E-state index in [0.29, 0.717) is 22.7 Å². The fourth-order valence-electron chi connectivity index (χ4n) is 3.07. The van der Waals surface area contributed by atoms with E-state index in [1.165, 1.54) is 11.8 Å².